The molecule has 2 aromatic carbocycles. The molecule has 1 heterocycles. The zero-order valence-electron chi connectivity index (χ0n) is 15.0. The predicted molar refractivity (Wildman–Crippen MR) is 105 cm³/mol. The Balaban J connectivity index is 1.44. The van der Waals surface area contributed by atoms with E-state index >= 15 is 0 Å². The summed E-state index contributed by atoms with van der Waals surface area (Å²) in [5, 5.41) is 9.78. The van der Waals surface area contributed by atoms with Gasteiger partial charge in [0.15, 0.2) is 0 Å². The molecule has 0 saturated heterocycles. The predicted octanol–water partition coefficient (Wildman–Crippen LogP) is 4.80. The number of carbonyl (C=O) groups excluding carboxylic acids is 1. The van der Waals surface area contributed by atoms with Crippen LogP contribution in [0.25, 0.3) is 10.8 Å². The Bertz CT molecular complexity index is 888. The normalized spacial score (nSPS) is 15.2. The van der Waals surface area contributed by atoms with Crippen molar-refractivity contribution in [2.75, 3.05) is 5.32 Å². The molecule has 1 aliphatic rings. The standard InChI is InChI=1S/C22H25N3O/c26-22(15-19-11-6-10-18-9-4-5-12-20(18)19)24-21-13-14-23-25(21)16-17-7-2-1-3-8-17/h4-6,9-14,17H,1-3,7-8,15-16H2,(H,24,26). The SMILES string of the molecule is O=C(Cc1cccc2ccccc12)Nc1ccnn1CC1CCCCC1. The lowest BCUT2D eigenvalue weighted by Crippen LogP contribution is -2.21. The van der Waals surface area contributed by atoms with Gasteiger partial charge in [-0.2, -0.15) is 5.10 Å². The zero-order chi connectivity index (χ0) is 17.8. The van der Waals surface area contributed by atoms with Crippen molar-refractivity contribution in [3.8, 4) is 0 Å². The first-order valence-electron chi connectivity index (χ1n) is 9.58. The van der Waals surface area contributed by atoms with E-state index in [1.54, 1.807) is 6.20 Å². The number of anilines is 1. The molecule has 26 heavy (non-hydrogen) atoms. The minimum Gasteiger partial charge on any atom is -0.311 e. The lowest BCUT2D eigenvalue weighted by molar-refractivity contribution is -0.115. The summed E-state index contributed by atoms with van der Waals surface area (Å²) < 4.78 is 1.96. The van der Waals surface area contributed by atoms with Crippen molar-refractivity contribution in [3.05, 3.63) is 60.3 Å². The van der Waals surface area contributed by atoms with Gasteiger partial charge in [-0.05, 0) is 35.1 Å². The van der Waals surface area contributed by atoms with Crippen LogP contribution in [0, 0.1) is 5.92 Å². The van der Waals surface area contributed by atoms with Crippen LogP contribution in [0.15, 0.2) is 54.7 Å². The van der Waals surface area contributed by atoms with Crippen LogP contribution in [0.5, 0.6) is 0 Å². The minimum absolute atomic E-state index is 0.00625. The van der Waals surface area contributed by atoms with E-state index in [0.717, 1.165) is 23.3 Å². The molecule has 0 spiro atoms. The third-order valence-electron chi connectivity index (χ3n) is 5.37. The first-order valence-corrected chi connectivity index (χ1v) is 9.58. The Morgan fingerprint density at radius 2 is 1.85 bits per heavy atom. The molecule has 0 atom stereocenters. The van der Waals surface area contributed by atoms with Crippen LogP contribution in [-0.4, -0.2) is 15.7 Å². The Kier molecular flexibility index (Phi) is 5.00. The molecular formula is C22H25N3O. The van der Waals surface area contributed by atoms with Crippen LogP contribution in [-0.2, 0) is 17.8 Å². The van der Waals surface area contributed by atoms with Crippen molar-refractivity contribution < 1.29 is 4.79 Å². The highest BCUT2D eigenvalue weighted by atomic mass is 16.1. The first kappa shape index (κ1) is 16.8. The van der Waals surface area contributed by atoms with Crippen molar-refractivity contribution in [1.82, 2.24) is 9.78 Å². The fourth-order valence-corrected chi connectivity index (χ4v) is 4.01. The Morgan fingerprint density at radius 3 is 2.73 bits per heavy atom. The van der Waals surface area contributed by atoms with Gasteiger partial charge in [0.1, 0.15) is 5.82 Å². The van der Waals surface area contributed by atoms with Gasteiger partial charge < -0.3 is 5.32 Å². The Morgan fingerprint density at radius 1 is 1.04 bits per heavy atom. The van der Waals surface area contributed by atoms with Crippen LogP contribution < -0.4 is 5.32 Å². The lowest BCUT2D eigenvalue weighted by atomic mass is 9.89. The van der Waals surface area contributed by atoms with Gasteiger partial charge in [-0.3, -0.25) is 4.79 Å². The van der Waals surface area contributed by atoms with Crippen molar-refractivity contribution in [3.63, 3.8) is 0 Å². The number of hydrogen-bond acceptors (Lipinski definition) is 2. The second-order valence-corrected chi connectivity index (χ2v) is 7.27. The number of nitrogens with one attached hydrogen (secondary N) is 1. The molecule has 1 N–H and O–H groups in total. The molecule has 4 nitrogen and oxygen atoms in total. The van der Waals surface area contributed by atoms with Gasteiger partial charge in [-0.15, -0.1) is 0 Å². The van der Waals surface area contributed by atoms with Crippen LogP contribution >= 0.6 is 0 Å². The molecule has 0 unspecified atom stereocenters. The molecule has 0 aliphatic heterocycles. The summed E-state index contributed by atoms with van der Waals surface area (Å²) in [6.45, 7) is 0.900. The van der Waals surface area contributed by atoms with E-state index in [2.05, 4.69) is 28.6 Å². The number of carbonyl (C=O) groups is 1. The first-order chi connectivity index (χ1) is 12.8. The monoisotopic (exact) mass is 347 g/mol. The Hall–Kier alpha value is -2.62. The maximum atomic E-state index is 12.6. The summed E-state index contributed by atoms with van der Waals surface area (Å²) in [7, 11) is 0. The average Bonchev–Trinajstić information content (AvgIpc) is 3.09. The minimum atomic E-state index is 0.00625. The smallest absolute Gasteiger partial charge is 0.229 e. The van der Waals surface area contributed by atoms with E-state index in [4.69, 9.17) is 0 Å². The summed E-state index contributed by atoms with van der Waals surface area (Å²) in [6, 6.07) is 16.2. The summed E-state index contributed by atoms with van der Waals surface area (Å²) in [5.74, 6) is 1.49. The summed E-state index contributed by atoms with van der Waals surface area (Å²) in [4.78, 5) is 12.6. The molecule has 134 valence electrons. The number of amides is 1. The number of benzene rings is 2. The second-order valence-electron chi connectivity index (χ2n) is 7.27. The molecule has 0 radical (unpaired) electrons. The molecule has 4 heteroatoms. The van der Waals surface area contributed by atoms with Gasteiger partial charge in [0, 0.05) is 12.6 Å². The van der Waals surface area contributed by atoms with Crippen LogP contribution in [0.4, 0.5) is 5.82 Å². The van der Waals surface area contributed by atoms with E-state index in [9.17, 15) is 4.79 Å². The van der Waals surface area contributed by atoms with Crippen molar-refractivity contribution >= 4 is 22.5 Å². The maximum absolute atomic E-state index is 12.6. The van der Waals surface area contributed by atoms with Gasteiger partial charge in [0.2, 0.25) is 5.91 Å². The molecule has 3 aromatic rings. The van der Waals surface area contributed by atoms with Crippen molar-refractivity contribution in [2.24, 2.45) is 5.92 Å². The van der Waals surface area contributed by atoms with Gasteiger partial charge in [0.25, 0.3) is 0 Å². The molecule has 4 rings (SSSR count). The molecule has 1 amide bonds. The molecule has 1 aliphatic carbocycles. The van der Waals surface area contributed by atoms with Gasteiger partial charge >= 0.3 is 0 Å². The van der Waals surface area contributed by atoms with Crippen LogP contribution in [0.3, 0.4) is 0 Å². The number of nitrogens with zero attached hydrogens (tertiary/aromatic N) is 2. The van der Waals surface area contributed by atoms with Gasteiger partial charge in [-0.1, -0.05) is 61.7 Å². The van der Waals surface area contributed by atoms with Crippen molar-refractivity contribution in [2.45, 2.75) is 45.1 Å². The fraction of sp³-hybridized carbons (Fsp3) is 0.364. The van der Waals surface area contributed by atoms with E-state index in [1.165, 1.54) is 37.5 Å². The number of aromatic nitrogens is 2. The topological polar surface area (TPSA) is 46.9 Å². The fourth-order valence-electron chi connectivity index (χ4n) is 4.01. The molecule has 1 saturated carbocycles. The van der Waals surface area contributed by atoms with Crippen LogP contribution in [0.1, 0.15) is 37.7 Å². The second kappa shape index (κ2) is 7.73. The third-order valence-corrected chi connectivity index (χ3v) is 5.37. The lowest BCUT2D eigenvalue weighted by Gasteiger charge is -2.22. The summed E-state index contributed by atoms with van der Waals surface area (Å²) in [5.41, 5.74) is 1.05. The number of hydrogen-bond donors (Lipinski definition) is 1. The van der Waals surface area contributed by atoms with E-state index < -0.39 is 0 Å². The van der Waals surface area contributed by atoms with Crippen molar-refractivity contribution in [1.29, 1.82) is 0 Å². The molecular weight excluding hydrogens is 322 g/mol. The highest BCUT2D eigenvalue weighted by molar-refractivity contribution is 5.95. The summed E-state index contributed by atoms with van der Waals surface area (Å²) in [6.07, 6.45) is 8.66. The van der Waals surface area contributed by atoms with Gasteiger partial charge in [-0.25, -0.2) is 4.68 Å². The molecule has 1 aromatic heterocycles. The average molecular weight is 347 g/mol. The van der Waals surface area contributed by atoms with E-state index in [0.29, 0.717) is 12.3 Å². The largest absolute Gasteiger partial charge is 0.311 e. The van der Waals surface area contributed by atoms with E-state index in [1.807, 2.05) is 35.0 Å². The third kappa shape index (κ3) is 3.79. The zero-order valence-corrected chi connectivity index (χ0v) is 15.0. The molecule has 0 bridgehead atoms. The number of rotatable bonds is 5. The molecule has 1 fully saturated rings. The number of fused-ring (bicyclic) bond motifs is 1. The highest BCUT2D eigenvalue weighted by Crippen LogP contribution is 2.26. The van der Waals surface area contributed by atoms with Gasteiger partial charge in [0.05, 0.1) is 12.6 Å². The Labute approximate surface area is 154 Å². The highest BCUT2D eigenvalue weighted by Gasteiger charge is 2.16. The van der Waals surface area contributed by atoms with Crippen LogP contribution in [0.2, 0.25) is 0 Å². The quantitative estimate of drug-likeness (QED) is 0.721. The maximum Gasteiger partial charge on any atom is 0.229 e. The van der Waals surface area contributed by atoms with E-state index in [-0.39, 0.29) is 5.91 Å². The summed E-state index contributed by atoms with van der Waals surface area (Å²) >= 11 is 0.